The predicted molar refractivity (Wildman–Crippen MR) is 97.2 cm³/mol. The van der Waals surface area contributed by atoms with E-state index in [1.54, 1.807) is 18.2 Å². The third-order valence-electron chi connectivity index (χ3n) is 5.15. The second kappa shape index (κ2) is 7.46. The number of carbonyl (C=O) groups excluding carboxylic acids is 2. The molecule has 1 aromatic carbocycles. The molecule has 29 heavy (non-hydrogen) atoms. The van der Waals surface area contributed by atoms with Crippen molar-refractivity contribution in [3.05, 3.63) is 41.5 Å². The van der Waals surface area contributed by atoms with Gasteiger partial charge in [0.1, 0.15) is 0 Å². The molecule has 0 fully saturated rings. The lowest BCUT2D eigenvalue weighted by molar-refractivity contribution is -0.186. The molecule has 1 heterocycles. The second-order valence-corrected chi connectivity index (χ2v) is 6.76. The fraction of sp³-hybridized carbons (Fsp3) is 0.400. The highest BCUT2D eigenvalue weighted by Crippen LogP contribution is 2.51. The van der Waals surface area contributed by atoms with Crippen LogP contribution in [-0.2, 0) is 21.5 Å². The molecular weight excluding hydrogens is 391 g/mol. The first-order valence-corrected chi connectivity index (χ1v) is 8.77. The standard InChI is InChI=1S/C20H20F3NO5/c1-27-14-10-12-11-24(18(26)20(21,22)23)9-8-19(6-4-13(25)5-7-19)15(12)17(29-3)16(14)28-2/h4-7,10H,8-9,11H2,1-3H3. The maximum absolute atomic E-state index is 13.1. The Kier molecular flexibility index (Phi) is 5.34. The number of methoxy groups -OCH3 is 3. The molecule has 1 aromatic rings. The molecule has 0 N–H and O–H groups in total. The van der Waals surface area contributed by atoms with Crippen molar-refractivity contribution in [2.45, 2.75) is 24.6 Å². The number of fused-ring (bicyclic) bond motifs is 2. The van der Waals surface area contributed by atoms with Gasteiger partial charge in [-0.05, 0) is 30.2 Å². The molecule has 1 spiro atoms. The first-order valence-electron chi connectivity index (χ1n) is 8.77. The van der Waals surface area contributed by atoms with E-state index in [0.29, 0.717) is 11.1 Å². The van der Waals surface area contributed by atoms with Gasteiger partial charge in [0, 0.05) is 24.1 Å². The zero-order valence-corrected chi connectivity index (χ0v) is 16.1. The third-order valence-corrected chi connectivity index (χ3v) is 5.15. The molecule has 9 heteroatoms. The summed E-state index contributed by atoms with van der Waals surface area (Å²) in [4.78, 5) is 24.4. The molecule has 1 aliphatic heterocycles. The van der Waals surface area contributed by atoms with Gasteiger partial charge < -0.3 is 19.1 Å². The molecule has 0 bridgehead atoms. The Labute approximate surface area is 165 Å². The van der Waals surface area contributed by atoms with Crippen LogP contribution in [0.3, 0.4) is 0 Å². The number of ether oxygens (including phenoxy) is 3. The van der Waals surface area contributed by atoms with Crippen LogP contribution in [0, 0.1) is 0 Å². The largest absolute Gasteiger partial charge is 0.493 e. The Morgan fingerprint density at radius 1 is 1.07 bits per heavy atom. The van der Waals surface area contributed by atoms with Crippen LogP contribution in [0.2, 0.25) is 0 Å². The van der Waals surface area contributed by atoms with Gasteiger partial charge >= 0.3 is 12.1 Å². The zero-order chi connectivity index (χ0) is 21.4. The highest BCUT2D eigenvalue weighted by Gasteiger charge is 2.46. The van der Waals surface area contributed by atoms with Crippen molar-refractivity contribution in [3.63, 3.8) is 0 Å². The normalized spacial score (nSPS) is 17.7. The van der Waals surface area contributed by atoms with Gasteiger partial charge in [-0.2, -0.15) is 13.2 Å². The van der Waals surface area contributed by atoms with E-state index in [1.807, 2.05) is 0 Å². The molecule has 2 aliphatic rings. The first kappa shape index (κ1) is 20.8. The van der Waals surface area contributed by atoms with Crippen molar-refractivity contribution in [1.29, 1.82) is 0 Å². The van der Waals surface area contributed by atoms with Crippen molar-refractivity contribution in [2.75, 3.05) is 27.9 Å². The molecule has 0 aromatic heterocycles. The summed E-state index contributed by atoms with van der Waals surface area (Å²) in [5.74, 6) is -1.33. The van der Waals surface area contributed by atoms with E-state index < -0.39 is 17.5 Å². The summed E-state index contributed by atoms with van der Waals surface area (Å²) in [5.41, 5.74) is 0.0165. The number of hydrogen-bond acceptors (Lipinski definition) is 5. The van der Waals surface area contributed by atoms with Crippen molar-refractivity contribution in [1.82, 2.24) is 4.90 Å². The van der Waals surface area contributed by atoms with E-state index in [1.165, 1.54) is 33.5 Å². The molecule has 1 amide bonds. The Bertz CT molecular complexity index is 888. The van der Waals surface area contributed by atoms with Crippen molar-refractivity contribution in [3.8, 4) is 17.2 Å². The van der Waals surface area contributed by atoms with Crippen molar-refractivity contribution < 1.29 is 37.0 Å². The number of rotatable bonds is 3. The van der Waals surface area contributed by atoms with E-state index in [9.17, 15) is 22.8 Å². The number of nitrogens with zero attached hydrogens (tertiary/aromatic N) is 1. The average molecular weight is 411 g/mol. The molecule has 6 nitrogen and oxygen atoms in total. The summed E-state index contributed by atoms with van der Waals surface area (Å²) >= 11 is 0. The Hall–Kier alpha value is -2.97. The molecule has 156 valence electrons. The smallest absolute Gasteiger partial charge is 0.471 e. The van der Waals surface area contributed by atoms with Gasteiger partial charge in [0.05, 0.1) is 21.3 Å². The average Bonchev–Trinajstić information content (AvgIpc) is 2.84. The number of alkyl halides is 3. The minimum atomic E-state index is -4.99. The number of benzene rings is 1. The van der Waals surface area contributed by atoms with Crippen LogP contribution in [0.5, 0.6) is 17.2 Å². The van der Waals surface area contributed by atoms with Crippen LogP contribution in [0.1, 0.15) is 17.5 Å². The van der Waals surface area contributed by atoms with Crippen LogP contribution < -0.4 is 14.2 Å². The van der Waals surface area contributed by atoms with Crippen LogP contribution in [0.15, 0.2) is 30.4 Å². The lowest BCUT2D eigenvalue weighted by atomic mass is 9.73. The lowest BCUT2D eigenvalue weighted by Crippen LogP contribution is -2.41. The predicted octanol–water partition coefficient (Wildman–Crippen LogP) is 2.94. The molecule has 1 aliphatic carbocycles. The fourth-order valence-corrected chi connectivity index (χ4v) is 3.83. The number of amides is 1. The molecule has 0 unspecified atom stereocenters. The maximum Gasteiger partial charge on any atom is 0.471 e. The number of hydrogen-bond donors (Lipinski definition) is 0. The minimum absolute atomic E-state index is 0.133. The van der Waals surface area contributed by atoms with Gasteiger partial charge in [0.2, 0.25) is 5.75 Å². The van der Waals surface area contributed by atoms with Crippen molar-refractivity contribution in [2.24, 2.45) is 0 Å². The zero-order valence-electron chi connectivity index (χ0n) is 16.1. The summed E-state index contributed by atoms with van der Waals surface area (Å²) < 4.78 is 55.6. The fourth-order valence-electron chi connectivity index (χ4n) is 3.83. The van der Waals surface area contributed by atoms with Gasteiger partial charge in [0.25, 0.3) is 0 Å². The number of allylic oxidation sites excluding steroid dienone is 4. The summed E-state index contributed by atoms with van der Waals surface area (Å²) in [7, 11) is 4.23. The van der Waals surface area contributed by atoms with Gasteiger partial charge in [-0.1, -0.05) is 12.2 Å². The molecule has 0 saturated heterocycles. The quantitative estimate of drug-likeness (QED) is 0.765. The van der Waals surface area contributed by atoms with E-state index in [2.05, 4.69) is 0 Å². The van der Waals surface area contributed by atoms with Gasteiger partial charge in [0.15, 0.2) is 17.3 Å². The maximum atomic E-state index is 13.1. The summed E-state index contributed by atoms with van der Waals surface area (Å²) in [6.07, 6.45) is 1.12. The van der Waals surface area contributed by atoms with Crippen molar-refractivity contribution >= 4 is 11.7 Å². The second-order valence-electron chi connectivity index (χ2n) is 6.76. The van der Waals surface area contributed by atoms with Gasteiger partial charge in [-0.15, -0.1) is 0 Å². The Morgan fingerprint density at radius 3 is 2.21 bits per heavy atom. The highest BCUT2D eigenvalue weighted by molar-refractivity contribution is 6.01. The Morgan fingerprint density at radius 2 is 1.69 bits per heavy atom. The monoisotopic (exact) mass is 411 g/mol. The van der Waals surface area contributed by atoms with Crippen LogP contribution in [-0.4, -0.2) is 50.6 Å². The minimum Gasteiger partial charge on any atom is -0.493 e. The molecular formula is C20H20F3NO5. The summed E-state index contributed by atoms with van der Waals surface area (Å²) in [5, 5.41) is 0. The van der Waals surface area contributed by atoms with E-state index >= 15 is 0 Å². The van der Waals surface area contributed by atoms with E-state index in [4.69, 9.17) is 14.2 Å². The summed E-state index contributed by atoms with van der Waals surface area (Å²) in [6.45, 7) is -0.453. The molecule has 0 saturated carbocycles. The van der Waals surface area contributed by atoms with E-state index in [0.717, 1.165) is 4.90 Å². The van der Waals surface area contributed by atoms with Crippen LogP contribution in [0.4, 0.5) is 13.2 Å². The SMILES string of the molecule is COc1cc2c(c(OC)c1OC)C1(C=CC(=O)C=C1)CCN(C(=O)C(F)(F)F)C2. The lowest BCUT2D eigenvalue weighted by Gasteiger charge is -2.32. The molecule has 3 rings (SSSR count). The van der Waals surface area contributed by atoms with Gasteiger partial charge in [-0.3, -0.25) is 9.59 Å². The van der Waals surface area contributed by atoms with Gasteiger partial charge in [-0.25, -0.2) is 0 Å². The number of halogens is 3. The molecule has 0 atom stereocenters. The third kappa shape index (κ3) is 3.56. The van der Waals surface area contributed by atoms with E-state index in [-0.39, 0.29) is 42.5 Å². The highest BCUT2D eigenvalue weighted by atomic mass is 19.4. The van der Waals surface area contributed by atoms with Crippen LogP contribution >= 0.6 is 0 Å². The molecule has 0 radical (unpaired) electrons. The summed E-state index contributed by atoms with van der Waals surface area (Å²) in [6, 6.07) is 1.54. The topological polar surface area (TPSA) is 65.1 Å². The first-order chi connectivity index (χ1) is 13.7. The van der Waals surface area contributed by atoms with Crippen LogP contribution in [0.25, 0.3) is 0 Å². The number of carbonyl (C=O) groups is 2. The number of ketones is 1. The Balaban J connectivity index is 2.27.